The summed E-state index contributed by atoms with van der Waals surface area (Å²) >= 11 is 1.61. The smallest absolute Gasteiger partial charge is 0.187 e. The van der Waals surface area contributed by atoms with Crippen LogP contribution in [-0.2, 0) is 13.0 Å². The molecule has 0 aliphatic carbocycles. The lowest BCUT2D eigenvalue weighted by molar-refractivity contribution is 0.318. The molecule has 0 bridgehead atoms. The van der Waals surface area contributed by atoms with E-state index in [2.05, 4.69) is 75.1 Å². The van der Waals surface area contributed by atoms with Crippen LogP contribution < -0.4 is 11.1 Å². The first-order chi connectivity index (χ1) is 13.0. The number of thiazole rings is 1. The Bertz CT molecular complexity index is 920. The number of anilines is 3. The zero-order chi connectivity index (χ0) is 19.2. The highest BCUT2D eigenvalue weighted by Gasteiger charge is 2.11. The van der Waals surface area contributed by atoms with E-state index in [1.165, 1.54) is 5.56 Å². The van der Waals surface area contributed by atoms with E-state index in [0.29, 0.717) is 5.56 Å². The first-order valence-corrected chi connectivity index (χ1v) is 9.62. The Morgan fingerprint density at radius 2 is 2.11 bits per heavy atom. The van der Waals surface area contributed by atoms with Crippen LogP contribution in [0, 0.1) is 18.3 Å². The van der Waals surface area contributed by atoms with Crippen molar-refractivity contribution in [3.8, 4) is 6.07 Å². The lowest BCUT2D eigenvalue weighted by Gasteiger charge is -2.14. The summed E-state index contributed by atoms with van der Waals surface area (Å²) in [4.78, 5) is 6.87. The Balaban J connectivity index is 1.47. The predicted molar refractivity (Wildman–Crippen MR) is 109 cm³/mol. The van der Waals surface area contributed by atoms with Gasteiger partial charge in [0.15, 0.2) is 10.9 Å². The molecule has 7 nitrogen and oxygen atoms in total. The van der Waals surface area contributed by atoms with Gasteiger partial charge >= 0.3 is 0 Å². The van der Waals surface area contributed by atoms with Crippen molar-refractivity contribution in [3.63, 3.8) is 0 Å². The summed E-state index contributed by atoms with van der Waals surface area (Å²) in [6.45, 7) is 3.74. The second-order valence-electron chi connectivity index (χ2n) is 6.55. The summed E-state index contributed by atoms with van der Waals surface area (Å²) in [5.41, 5.74) is 10.3. The van der Waals surface area contributed by atoms with E-state index in [1.807, 2.05) is 0 Å². The fraction of sp³-hybridized carbons (Fsp3) is 0.316. The number of aryl methyl sites for hydroxylation is 2. The number of nitrogens with two attached hydrogens (primary N) is 1. The van der Waals surface area contributed by atoms with Gasteiger partial charge < -0.3 is 16.0 Å². The highest BCUT2D eigenvalue weighted by atomic mass is 32.1. The molecule has 1 aromatic carbocycles. The number of nitrogens with zero attached hydrogens (tertiary/aromatic N) is 4. The maximum absolute atomic E-state index is 9.10. The summed E-state index contributed by atoms with van der Waals surface area (Å²) in [6, 6.07) is 10.4. The molecular weight excluding hydrogens is 358 g/mol. The number of nitrogen functional groups attached to an aromatic ring is 1. The maximum atomic E-state index is 9.10. The minimum atomic E-state index is 0.275. The van der Waals surface area contributed by atoms with E-state index < -0.39 is 0 Å². The summed E-state index contributed by atoms with van der Waals surface area (Å²) in [7, 11) is 2.07. The fourth-order valence-electron chi connectivity index (χ4n) is 2.78. The van der Waals surface area contributed by atoms with Gasteiger partial charge in [-0.2, -0.15) is 10.4 Å². The molecule has 4 N–H and O–H groups in total. The Labute approximate surface area is 162 Å². The van der Waals surface area contributed by atoms with Gasteiger partial charge in [0, 0.05) is 17.6 Å². The predicted octanol–water partition coefficient (Wildman–Crippen LogP) is 3.44. The number of hydrogen-bond donors (Lipinski definition) is 3. The van der Waals surface area contributed by atoms with Gasteiger partial charge in [0.1, 0.15) is 11.6 Å². The Kier molecular flexibility index (Phi) is 6.06. The van der Waals surface area contributed by atoms with Gasteiger partial charge in [-0.05, 0) is 45.5 Å². The SMILES string of the molecule is Cc1ccc(Nc2nc(CN(C)CCCc3[nH]nc(N)c3C#N)cs2)cc1. The molecule has 0 saturated heterocycles. The van der Waals surface area contributed by atoms with Crippen molar-refractivity contribution >= 4 is 28.0 Å². The molecular formula is C19H23N7S. The van der Waals surface area contributed by atoms with Gasteiger partial charge in [0.2, 0.25) is 0 Å². The molecule has 0 aliphatic heterocycles. The molecule has 0 spiro atoms. The van der Waals surface area contributed by atoms with Crippen molar-refractivity contribution in [1.82, 2.24) is 20.1 Å². The first-order valence-electron chi connectivity index (χ1n) is 8.74. The van der Waals surface area contributed by atoms with Crippen LogP contribution in [0.25, 0.3) is 0 Å². The second-order valence-corrected chi connectivity index (χ2v) is 7.41. The van der Waals surface area contributed by atoms with Crippen LogP contribution in [0.5, 0.6) is 0 Å². The van der Waals surface area contributed by atoms with Crippen LogP contribution in [0.4, 0.5) is 16.6 Å². The Hall–Kier alpha value is -2.89. The van der Waals surface area contributed by atoms with Crippen LogP contribution in [0.3, 0.4) is 0 Å². The maximum Gasteiger partial charge on any atom is 0.187 e. The third-order valence-electron chi connectivity index (χ3n) is 4.23. The normalized spacial score (nSPS) is 10.9. The third kappa shape index (κ3) is 5.06. The Morgan fingerprint density at radius 1 is 1.33 bits per heavy atom. The number of nitrogens with one attached hydrogen (secondary N) is 2. The molecule has 0 radical (unpaired) electrons. The average molecular weight is 382 g/mol. The number of hydrogen-bond acceptors (Lipinski definition) is 7. The standard InChI is InChI=1S/C19H23N7S/c1-13-5-7-14(8-6-13)22-19-23-15(12-27-19)11-26(2)9-3-4-17-16(10-20)18(21)25-24-17/h5-8,12H,3-4,9,11H2,1-2H3,(H,22,23)(H3,21,24,25). The van der Waals surface area contributed by atoms with Crippen LogP contribution >= 0.6 is 11.3 Å². The van der Waals surface area contributed by atoms with Crippen molar-refractivity contribution in [3.05, 3.63) is 52.2 Å². The molecule has 3 rings (SSSR count). The van der Waals surface area contributed by atoms with Crippen LogP contribution in [0.2, 0.25) is 0 Å². The summed E-state index contributed by atoms with van der Waals surface area (Å²) < 4.78 is 0. The zero-order valence-corrected chi connectivity index (χ0v) is 16.3. The summed E-state index contributed by atoms with van der Waals surface area (Å²) in [5.74, 6) is 0.275. The molecule has 27 heavy (non-hydrogen) atoms. The minimum absolute atomic E-state index is 0.275. The highest BCUT2D eigenvalue weighted by Crippen LogP contribution is 2.22. The Morgan fingerprint density at radius 3 is 2.85 bits per heavy atom. The molecule has 0 aliphatic rings. The van der Waals surface area contributed by atoms with Crippen molar-refractivity contribution in [1.29, 1.82) is 5.26 Å². The lowest BCUT2D eigenvalue weighted by atomic mass is 10.1. The molecule has 140 valence electrons. The number of H-pyrrole nitrogens is 1. The van der Waals surface area contributed by atoms with Crippen molar-refractivity contribution < 1.29 is 0 Å². The average Bonchev–Trinajstić information content (AvgIpc) is 3.23. The number of nitriles is 1. The monoisotopic (exact) mass is 381 g/mol. The van der Waals surface area contributed by atoms with E-state index in [1.54, 1.807) is 11.3 Å². The van der Waals surface area contributed by atoms with E-state index >= 15 is 0 Å². The second kappa shape index (κ2) is 8.66. The molecule has 0 unspecified atom stereocenters. The molecule has 3 aromatic rings. The highest BCUT2D eigenvalue weighted by molar-refractivity contribution is 7.13. The largest absolute Gasteiger partial charge is 0.381 e. The number of rotatable bonds is 8. The van der Waals surface area contributed by atoms with E-state index in [4.69, 9.17) is 11.0 Å². The minimum Gasteiger partial charge on any atom is -0.381 e. The molecule has 2 aromatic heterocycles. The topological polar surface area (TPSA) is 107 Å². The first kappa shape index (κ1) is 18.9. The van der Waals surface area contributed by atoms with E-state index in [9.17, 15) is 0 Å². The quantitative estimate of drug-likeness (QED) is 0.552. The molecule has 0 amide bonds. The molecule has 0 atom stereocenters. The molecule has 0 fully saturated rings. The number of aromatic nitrogens is 3. The van der Waals surface area contributed by atoms with Gasteiger partial charge in [0.25, 0.3) is 0 Å². The van der Waals surface area contributed by atoms with Crippen LogP contribution in [0.1, 0.15) is 28.9 Å². The molecule has 0 saturated carbocycles. The lowest BCUT2D eigenvalue weighted by Crippen LogP contribution is -2.20. The van der Waals surface area contributed by atoms with Gasteiger partial charge in [-0.15, -0.1) is 11.3 Å². The molecule has 8 heteroatoms. The van der Waals surface area contributed by atoms with Gasteiger partial charge in [-0.25, -0.2) is 4.98 Å². The van der Waals surface area contributed by atoms with Gasteiger partial charge in [-0.1, -0.05) is 17.7 Å². The van der Waals surface area contributed by atoms with Crippen LogP contribution in [-0.4, -0.2) is 33.7 Å². The van der Waals surface area contributed by atoms with E-state index in [0.717, 1.165) is 48.1 Å². The van der Waals surface area contributed by atoms with Crippen molar-refractivity contribution in [2.24, 2.45) is 0 Å². The van der Waals surface area contributed by atoms with Crippen molar-refractivity contribution in [2.75, 3.05) is 24.6 Å². The van der Waals surface area contributed by atoms with Gasteiger partial charge in [0.05, 0.1) is 11.4 Å². The van der Waals surface area contributed by atoms with Gasteiger partial charge in [-0.3, -0.25) is 5.10 Å². The summed E-state index contributed by atoms with van der Waals surface area (Å²) in [5, 5.41) is 22.2. The third-order valence-corrected chi connectivity index (χ3v) is 5.04. The van der Waals surface area contributed by atoms with E-state index in [-0.39, 0.29) is 5.82 Å². The molecule has 2 heterocycles. The van der Waals surface area contributed by atoms with Crippen LogP contribution in [0.15, 0.2) is 29.6 Å². The fourth-order valence-corrected chi connectivity index (χ4v) is 3.50. The number of benzene rings is 1. The zero-order valence-electron chi connectivity index (χ0n) is 15.5. The van der Waals surface area contributed by atoms with Crippen molar-refractivity contribution in [2.45, 2.75) is 26.3 Å². The summed E-state index contributed by atoms with van der Waals surface area (Å²) in [6.07, 6.45) is 1.65. The number of aromatic amines is 1.